The Bertz CT molecular complexity index is 212. The molecule has 0 rings (SSSR count). The Morgan fingerprint density at radius 2 is 1.69 bits per heavy atom. The van der Waals surface area contributed by atoms with Crippen molar-refractivity contribution in [2.45, 2.75) is 25.6 Å². The van der Waals surface area contributed by atoms with Crippen LogP contribution in [-0.4, -0.2) is 28.0 Å². The number of alkyl halides is 3. The lowest BCUT2D eigenvalue weighted by molar-refractivity contribution is -0.229. The van der Waals surface area contributed by atoms with Gasteiger partial charge in [0.15, 0.2) is 0 Å². The third-order valence-corrected chi connectivity index (χ3v) is 0.770. The lowest BCUT2D eigenvalue weighted by Crippen LogP contribution is -2.40. The summed E-state index contributed by atoms with van der Waals surface area (Å²) in [6, 6.07) is 0.712. The van der Waals surface area contributed by atoms with Crippen LogP contribution >= 0.6 is 0 Å². The Morgan fingerprint density at radius 3 is 1.69 bits per heavy atom. The molecule has 0 aliphatic carbocycles. The SMILES string of the molecule is CC(=O)O.CC(O)(C#N)C(F)(F)F. The van der Waals surface area contributed by atoms with Gasteiger partial charge in [0.25, 0.3) is 5.97 Å². The Hall–Kier alpha value is -1.29. The van der Waals surface area contributed by atoms with E-state index in [1.807, 2.05) is 0 Å². The number of hydrogen-bond donors (Lipinski definition) is 2. The molecule has 2 N–H and O–H groups in total. The van der Waals surface area contributed by atoms with Gasteiger partial charge >= 0.3 is 6.18 Å². The summed E-state index contributed by atoms with van der Waals surface area (Å²) in [4.78, 5) is 9.00. The molecular weight excluding hydrogens is 191 g/mol. The Kier molecular flexibility index (Phi) is 5.11. The topological polar surface area (TPSA) is 81.3 Å². The van der Waals surface area contributed by atoms with Gasteiger partial charge in [-0.25, -0.2) is 0 Å². The van der Waals surface area contributed by atoms with E-state index in [0.717, 1.165) is 6.92 Å². The molecule has 1 atom stereocenters. The zero-order valence-electron chi connectivity index (χ0n) is 6.88. The summed E-state index contributed by atoms with van der Waals surface area (Å²) in [5.41, 5.74) is -3.22. The maximum absolute atomic E-state index is 11.4. The average molecular weight is 199 g/mol. The first-order valence-electron chi connectivity index (χ1n) is 2.94. The van der Waals surface area contributed by atoms with Crippen LogP contribution in [0.15, 0.2) is 0 Å². The van der Waals surface area contributed by atoms with Gasteiger partial charge in [-0.05, 0) is 6.92 Å². The number of carbonyl (C=O) groups is 1. The minimum Gasteiger partial charge on any atom is -0.481 e. The Labute approximate surface area is 72.2 Å². The highest BCUT2D eigenvalue weighted by atomic mass is 19.4. The molecule has 0 bridgehead atoms. The number of halogens is 3. The number of hydrogen-bond acceptors (Lipinski definition) is 3. The Balaban J connectivity index is 0. The summed E-state index contributed by atoms with van der Waals surface area (Å²) in [5, 5.41) is 23.3. The van der Waals surface area contributed by atoms with E-state index in [2.05, 4.69) is 0 Å². The lowest BCUT2D eigenvalue weighted by atomic mass is 10.1. The molecule has 76 valence electrons. The summed E-state index contributed by atoms with van der Waals surface area (Å²) in [7, 11) is 0. The summed E-state index contributed by atoms with van der Waals surface area (Å²) < 4.78 is 34.1. The standard InChI is InChI=1S/C4H4F3NO.C2H4O2/c1-3(9,2-8)4(5,6)7;1-2(3)4/h9H,1H3;1H3,(H,3,4). The monoisotopic (exact) mass is 199 g/mol. The van der Waals surface area contributed by atoms with Gasteiger partial charge in [0.1, 0.15) is 6.07 Å². The van der Waals surface area contributed by atoms with Crippen LogP contribution in [0.4, 0.5) is 13.2 Å². The van der Waals surface area contributed by atoms with E-state index in [-0.39, 0.29) is 0 Å². The smallest absolute Gasteiger partial charge is 0.430 e. The molecule has 0 aromatic rings. The van der Waals surface area contributed by atoms with Gasteiger partial charge in [0.05, 0.1) is 0 Å². The average Bonchev–Trinajstić information content (AvgIpc) is 1.84. The lowest BCUT2D eigenvalue weighted by Gasteiger charge is -2.16. The normalized spacial score (nSPS) is 14.5. The van der Waals surface area contributed by atoms with E-state index < -0.39 is 17.7 Å². The molecule has 0 radical (unpaired) electrons. The number of carboxylic acids is 1. The fourth-order valence-corrected chi connectivity index (χ4v) is 0.0634. The molecule has 0 saturated heterocycles. The van der Waals surface area contributed by atoms with Crippen LogP contribution < -0.4 is 0 Å². The van der Waals surface area contributed by atoms with E-state index >= 15 is 0 Å². The van der Waals surface area contributed by atoms with Crippen molar-refractivity contribution in [3.8, 4) is 6.07 Å². The summed E-state index contributed by atoms with van der Waals surface area (Å²) >= 11 is 0. The van der Waals surface area contributed by atoms with Crippen molar-refractivity contribution in [1.82, 2.24) is 0 Å². The van der Waals surface area contributed by atoms with Crippen LogP contribution in [0.1, 0.15) is 13.8 Å². The first kappa shape index (κ1) is 14.2. The predicted octanol–water partition coefficient (Wildman–Crippen LogP) is 0.914. The number of aliphatic hydroxyl groups is 1. The zero-order valence-corrected chi connectivity index (χ0v) is 6.88. The number of nitriles is 1. The van der Waals surface area contributed by atoms with Crippen LogP contribution in [0.25, 0.3) is 0 Å². The van der Waals surface area contributed by atoms with Crippen molar-refractivity contribution in [2.75, 3.05) is 0 Å². The van der Waals surface area contributed by atoms with Gasteiger partial charge in [-0.1, -0.05) is 0 Å². The van der Waals surface area contributed by atoms with Crippen LogP contribution in [0.2, 0.25) is 0 Å². The van der Waals surface area contributed by atoms with Crippen molar-refractivity contribution in [1.29, 1.82) is 5.26 Å². The zero-order chi connectivity index (χ0) is 11.3. The highest BCUT2D eigenvalue weighted by Crippen LogP contribution is 2.28. The number of nitrogens with zero attached hydrogens (tertiary/aromatic N) is 1. The minimum absolute atomic E-state index is 0.396. The fraction of sp³-hybridized carbons (Fsp3) is 0.667. The minimum atomic E-state index is -4.86. The van der Waals surface area contributed by atoms with Crippen LogP contribution in [0, 0.1) is 11.3 Å². The van der Waals surface area contributed by atoms with Gasteiger partial charge in [0.2, 0.25) is 5.60 Å². The molecule has 0 fully saturated rings. The highest BCUT2D eigenvalue weighted by Gasteiger charge is 2.50. The Morgan fingerprint density at radius 1 is 1.46 bits per heavy atom. The second-order valence-corrected chi connectivity index (χ2v) is 2.20. The van der Waals surface area contributed by atoms with Crippen LogP contribution in [0.3, 0.4) is 0 Å². The molecule has 0 spiro atoms. The van der Waals surface area contributed by atoms with Gasteiger partial charge in [-0.3, -0.25) is 4.79 Å². The van der Waals surface area contributed by atoms with Crippen molar-refractivity contribution in [3.63, 3.8) is 0 Å². The molecule has 0 heterocycles. The molecule has 13 heavy (non-hydrogen) atoms. The van der Waals surface area contributed by atoms with E-state index in [0.29, 0.717) is 13.0 Å². The van der Waals surface area contributed by atoms with Crippen molar-refractivity contribution < 1.29 is 28.2 Å². The van der Waals surface area contributed by atoms with Crippen LogP contribution in [0.5, 0.6) is 0 Å². The third kappa shape index (κ3) is 7.08. The second kappa shape index (κ2) is 4.67. The molecular formula is C6H8F3NO3. The fourth-order valence-electron chi connectivity index (χ4n) is 0.0634. The maximum Gasteiger partial charge on any atom is 0.430 e. The van der Waals surface area contributed by atoms with Gasteiger partial charge in [0, 0.05) is 6.92 Å². The molecule has 0 aliphatic heterocycles. The van der Waals surface area contributed by atoms with Gasteiger partial charge in [-0.15, -0.1) is 0 Å². The molecule has 0 aromatic heterocycles. The van der Waals surface area contributed by atoms with Crippen LogP contribution in [-0.2, 0) is 4.79 Å². The summed E-state index contributed by atoms with van der Waals surface area (Å²) in [5.74, 6) is -0.833. The molecule has 0 aromatic carbocycles. The highest BCUT2D eigenvalue weighted by molar-refractivity contribution is 5.62. The molecule has 7 heteroatoms. The molecule has 0 saturated carbocycles. The van der Waals surface area contributed by atoms with Gasteiger partial charge < -0.3 is 10.2 Å². The molecule has 4 nitrogen and oxygen atoms in total. The molecule has 0 amide bonds. The summed E-state index contributed by atoms with van der Waals surface area (Å²) in [6.45, 7) is 1.48. The third-order valence-electron chi connectivity index (χ3n) is 0.770. The maximum atomic E-state index is 11.4. The number of rotatable bonds is 0. The molecule has 0 aliphatic rings. The largest absolute Gasteiger partial charge is 0.481 e. The second-order valence-electron chi connectivity index (χ2n) is 2.20. The number of carboxylic acid groups (broad SMARTS) is 1. The predicted molar refractivity (Wildman–Crippen MR) is 35.6 cm³/mol. The van der Waals surface area contributed by atoms with E-state index in [9.17, 15) is 13.2 Å². The summed E-state index contributed by atoms with van der Waals surface area (Å²) in [6.07, 6.45) is -4.86. The van der Waals surface area contributed by atoms with E-state index in [4.69, 9.17) is 20.3 Å². The molecule has 1 unspecified atom stereocenters. The quantitative estimate of drug-likeness (QED) is 0.568. The number of aliphatic carboxylic acids is 1. The first-order chi connectivity index (χ1) is 5.54. The van der Waals surface area contributed by atoms with Crippen molar-refractivity contribution >= 4 is 5.97 Å². The van der Waals surface area contributed by atoms with E-state index in [1.54, 1.807) is 0 Å². The van der Waals surface area contributed by atoms with Crippen molar-refractivity contribution in [3.05, 3.63) is 0 Å². The first-order valence-corrected chi connectivity index (χ1v) is 2.94. The van der Waals surface area contributed by atoms with Gasteiger partial charge in [-0.2, -0.15) is 18.4 Å². The van der Waals surface area contributed by atoms with E-state index in [1.165, 1.54) is 0 Å². The van der Waals surface area contributed by atoms with Crippen molar-refractivity contribution in [2.24, 2.45) is 0 Å².